The SMILES string of the molecule is COc1cccc2c1N(C[C@H]1CC[C@H](NC(=O)c3cc(C(F)(F)F)ccc3Cl)CC1)C(=O)C2(C)C. The largest absolute Gasteiger partial charge is 0.495 e. The lowest BCUT2D eigenvalue weighted by Gasteiger charge is -2.32. The number of alkyl halides is 3. The molecule has 2 aliphatic rings. The summed E-state index contributed by atoms with van der Waals surface area (Å²) in [5.74, 6) is 0.322. The van der Waals surface area contributed by atoms with E-state index >= 15 is 0 Å². The molecule has 1 fully saturated rings. The van der Waals surface area contributed by atoms with Gasteiger partial charge in [0.25, 0.3) is 5.91 Å². The molecule has 0 aromatic heterocycles. The van der Waals surface area contributed by atoms with Crippen LogP contribution in [0, 0.1) is 5.92 Å². The molecule has 2 aromatic carbocycles. The molecule has 1 aliphatic heterocycles. The van der Waals surface area contributed by atoms with Gasteiger partial charge in [-0.2, -0.15) is 13.2 Å². The highest BCUT2D eigenvalue weighted by atomic mass is 35.5. The Bertz CT molecular complexity index is 1140. The molecule has 35 heavy (non-hydrogen) atoms. The third-order valence-electron chi connectivity index (χ3n) is 7.10. The number of anilines is 1. The molecular weight excluding hydrogens is 481 g/mol. The van der Waals surface area contributed by atoms with Gasteiger partial charge < -0.3 is 15.0 Å². The Hall–Kier alpha value is -2.74. The first-order valence-corrected chi connectivity index (χ1v) is 12.0. The van der Waals surface area contributed by atoms with Crippen molar-refractivity contribution in [2.75, 3.05) is 18.6 Å². The van der Waals surface area contributed by atoms with Crippen molar-refractivity contribution in [3.05, 3.63) is 58.1 Å². The summed E-state index contributed by atoms with van der Waals surface area (Å²) < 4.78 is 44.6. The van der Waals surface area contributed by atoms with E-state index in [2.05, 4.69) is 5.32 Å². The van der Waals surface area contributed by atoms with Gasteiger partial charge in [-0.3, -0.25) is 9.59 Å². The molecule has 0 spiro atoms. The van der Waals surface area contributed by atoms with Crippen molar-refractivity contribution < 1.29 is 27.5 Å². The van der Waals surface area contributed by atoms with E-state index in [1.165, 1.54) is 0 Å². The van der Waals surface area contributed by atoms with Gasteiger partial charge in [-0.1, -0.05) is 23.7 Å². The summed E-state index contributed by atoms with van der Waals surface area (Å²) >= 11 is 6.00. The summed E-state index contributed by atoms with van der Waals surface area (Å²) in [6.07, 6.45) is -1.68. The molecule has 0 bridgehead atoms. The van der Waals surface area contributed by atoms with Crippen LogP contribution in [-0.2, 0) is 16.4 Å². The molecule has 4 rings (SSSR count). The number of amides is 2. The van der Waals surface area contributed by atoms with Gasteiger partial charge >= 0.3 is 6.18 Å². The average molecular weight is 509 g/mol. The van der Waals surface area contributed by atoms with E-state index in [1.807, 2.05) is 36.9 Å². The average Bonchev–Trinajstić information content (AvgIpc) is 3.00. The van der Waals surface area contributed by atoms with Gasteiger partial charge in [-0.25, -0.2) is 0 Å². The molecule has 1 N–H and O–H groups in total. The number of carbonyl (C=O) groups is 2. The van der Waals surface area contributed by atoms with Crippen LogP contribution in [0.2, 0.25) is 5.02 Å². The smallest absolute Gasteiger partial charge is 0.416 e. The van der Waals surface area contributed by atoms with Gasteiger partial charge in [0, 0.05) is 12.6 Å². The van der Waals surface area contributed by atoms with Crippen LogP contribution in [0.1, 0.15) is 61.0 Å². The molecular formula is C26H28ClF3N2O3. The molecule has 1 aliphatic carbocycles. The van der Waals surface area contributed by atoms with Gasteiger partial charge in [0.1, 0.15) is 5.75 Å². The first-order chi connectivity index (χ1) is 16.4. The molecule has 5 nitrogen and oxygen atoms in total. The number of methoxy groups -OCH3 is 1. The third-order valence-corrected chi connectivity index (χ3v) is 7.43. The minimum absolute atomic E-state index is 0.0213. The van der Waals surface area contributed by atoms with Crippen molar-refractivity contribution in [2.24, 2.45) is 5.92 Å². The first kappa shape index (κ1) is 25.4. The molecule has 1 saturated carbocycles. The number of nitrogens with zero attached hydrogens (tertiary/aromatic N) is 1. The molecule has 0 atom stereocenters. The molecule has 2 aromatic rings. The van der Waals surface area contributed by atoms with Gasteiger partial charge in [-0.05, 0) is 75.3 Å². The predicted molar refractivity (Wildman–Crippen MR) is 128 cm³/mol. The van der Waals surface area contributed by atoms with Crippen LogP contribution in [0.15, 0.2) is 36.4 Å². The van der Waals surface area contributed by atoms with E-state index in [-0.39, 0.29) is 28.5 Å². The zero-order chi connectivity index (χ0) is 25.5. The Morgan fingerprint density at radius 1 is 1.17 bits per heavy atom. The highest BCUT2D eigenvalue weighted by Crippen LogP contribution is 2.47. The quantitative estimate of drug-likeness (QED) is 0.540. The van der Waals surface area contributed by atoms with Crippen LogP contribution in [0.3, 0.4) is 0 Å². The lowest BCUT2D eigenvalue weighted by atomic mass is 9.85. The van der Waals surface area contributed by atoms with Crippen LogP contribution < -0.4 is 15.0 Å². The molecule has 0 unspecified atom stereocenters. The number of hydrogen-bond acceptors (Lipinski definition) is 3. The fraction of sp³-hybridized carbons (Fsp3) is 0.462. The monoisotopic (exact) mass is 508 g/mol. The van der Waals surface area contributed by atoms with Gasteiger partial charge in [0.2, 0.25) is 5.91 Å². The Balaban J connectivity index is 1.40. The summed E-state index contributed by atoms with van der Waals surface area (Å²) in [4.78, 5) is 27.7. The summed E-state index contributed by atoms with van der Waals surface area (Å²) in [7, 11) is 1.59. The van der Waals surface area contributed by atoms with Crippen LogP contribution in [0.4, 0.5) is 18.9 Å². The topological polar surface area (TPSA) is 58.6 Å². The van der Waals surface area contributed by atoms with Crippen molar-refractivity contribution in [3.63, 3.8) is 0 Å². The van der Waals surface area contributed by atoms with Gasteiger partial charge in [0.05, 0.1) is 34.4 Å². The third kappa shape index (κ3) is 4.85. The van der Waals surface area contributed by atoms with Crippen molar-refractivity contribution in [2.45, 2.75) is 57.2 Å². The molecule has 2 amide bonds. The van der Waals surface area contributed by atoms with Crippen molar-refractivity contribution in [1.29, 1.82) is 0 Å². The zero-order valence-electron chi connectivity index (χ0n) is 19.8. The number of para-hydroxylation sites is 1. The second-order valence-corrected chi connectivity index (χ2v) is 10.2. The number of carbonyl (C=O) groups excluding carboxylic acids is 2. The summed E-state index contributed by atoms with van der Waals surface area (Å²) in [5, 5.41) is 2.81. The lowest BCUT2D eigenvalue weighted by molar-refractivity contribution is -0.137. The van der Waals surface area contributed by atoms with E-state index in [9.17, 15) is 22.8 Å². The predicted octanol–water partition coefficient (Wildman–Crippen LogP) is 5.98. The van der Waals surface area contributed by atoms with Crippen LogP contribution in [0.25, 0.3) is 0 Å². The molecule has 0 saturated heterocycles. The minimum atomic E-state index is -4.56. The second kappa shape index (κ2) is 9.37. The van der Waals surface area contributed by atoms with Crippen LogP contribution >= 0.6 is 11.6 Å². The van der Waals surface area contributed by atoms with Gasteiger partial charge in [0.15, 0.2) is 0 Å². The Kier molecular flexibility index (Phi) is 6.79. The van der Waals surface area contributed by atoms with Crippen molar-refractivity contribution in [1.82, 2.24) is 5.32 Å². The van der Waals surface area contributed by atoms with E-state index in [0.29, 0.717) is 25.1 Å². The van der Waals surface area contributed by atoms with E-state index in [0.717, 1.165) is 42.3 Å². The number of nitrogens with one attached hydrogen (secondary N) is 1. The maximum Gasteiger partial charge on any atom is 0.416 e. The minimum Gasteiger partial charge on any atom is -0.495 e. The zero-order valence-corrected chi connectivity index (χ0v) is 20.6. The van der Waals surface area contributed by atoms with Crippen molar-refractivity contribution >= 4 is 29.1 Å². The Labute approximate surface area is 207 Å². The second-order valence-electron chi connectivity index (χ2n) is 9.78. The summed E-state index contributed by atoms with van der Waals surface area (Å²) in [5.41, 5.74) is 0.0291. The fourth-order valence-corrected chi connectivity index (χ4v) is 5.29. The summed E-state index contributed by atoms with van der Waals surface area (Å²) in [6, 6.07) is 8.27. The molecule has 188 valence electrons. The molecule has 1 heterocycles. The Morgan fingerprint density at radius 3 is 2.49 bits per heavy atom. The number of benzene rings is 2. The Morgan fingerprint density at radius 2 is 1.86 bits per heavy atom. The standard InChI is InChI=1S/C26H28ClF3N2O3/c1-25(2)19-5-4-6-21(35-3)22(19)32(24(25)34)14-15-7-10-17(11-8-15)31-23(33)18-13-16(26(28,29)30)9-12-20(18)27/h4-6,9,12-13,15,17H,7-8,10-11,14H2,1-3H3,(H,31,33)/t15-,17-. The molecule has 0 radical (unpaired) electrons. The normalized spacial score (nSPS) is 21.6. The molecule has 9 heteroatoms. The van der Waals surface area contributed by atoms with E-state index < -0.39 is 23.1 Å². The maximum absolute atomic E-state index is 13.2. The fourth-order valence-electron chi connectivity index (χ4n) is 5.08. The maximum atomic E-state index is 13.2. The lowest BCUT2D eigenvalue weighted by Crippen LogP contribution is -2.42. The highest BCUT2D eigenvalue weighted by Gasteiger charge is 2.46. The van der Waals surface area contributed by atoms with Crippen LogP contribution in [-0.4, -0.2) is 31.5 Å². The number of hydrogen-bond donors (Lipinski definition) is 1. The highest BCUT2D eigenvalue weighted by molar-refractivity contribution is 6.33. The van der Waals surface area contributed by atoms with Crippen molar-refractivity contribution in [3.8, 4) is 5.75 Å². The number of rotatable bonds is 5. The van der Waals surface area contributed by atoms with Crippen LogP contribution in [0.5, 0.6) is 5.75 Å². The van der Waals surface area contributed by atoms with E-state index in [1.54, 1.807) is 7.11 Å². The number of fused-ring (bicyclic) bond motifs is 1. The van der Waals surface area contributed by atoms with E-state index in [4.69, 9.17) is 16.3 Å². The number of halogens is 4. The number of ether oxygens (including phenoxy) is 1. The van der Waals surface area contributed by atoms with Gasteiger partial charge in [-0.15, -0.1) is 0 Å². The first-order valence-electron chi connectivity index (χ1n) is 11.6. The summed E-state index contributed by atoms with van der Waals surface area (Å²) in [6.45, 7) is 4.38.